The van der Waals surface area contributed by atoms with E-state index in [1.165, 1.54) is 19.3 Å². The summed E-state index contributed by atoms with van der Waals surface area (Å²) in [6.07, 6.45) is 6.65. The van der Waals surface area contributed by atoms with Crippen LogP contribution in [0.3, 0.4) is 0 Å². The van der Waals surface area contributed by atoms with Crippen molar-refractivity contribution >= 4 is 5.91 Å². The Morgan fingerprint density at radius 2 is 2.17 bits per heavy atom. The summed E-state index contributed by atoms with van der Waals surface area (Å²) in [6, 6.07) is 2.66. The van der Waals surface area contributed by atoms with Crippen LogP contribution < -0.4 is 0 Å². The number of rotatable bonds is 6. The normalized spacial score (nSPS) is 23.2. The van der Waals surface area contributed by atoms with Crippen molar-refractivity contribution in [2.24, 2.45) is 0 Å². The predicted octanol–water partition coefficient (Wildman–Crippen LogP) is 3.17. The molecular weight excluding hydrogens is 290 g/mol. The number of nitrogens with zero attached hydrogens (tertiary/aromatic N) is 3. The first kappa shape index (κ1) is 16.5. The molecule has 1 aromatic rings. The number of hydrogen-bond donors (Lipinski definition) is 0. The first-order chi connectivity index (χ1) is 11.1. The Hall–Kier alpha value is -1.36. The Kier molecular flexibility index (Phi) is 5.36. The minimum absolute atomic E-state index is 0.338. The fourth-order valence-electron chi connectivity index (χ4n) is 3.72. The summed E-state index contributed by atoms with van der Waals surface area (Å²) in [5.74, 6) is 1.69. The molecule has 3 rings (SSSR count). The van der Waals surface area contributed by atoms with Crippen LogP contribution in [0.5, 0.6) is 0 Å². The summed E-state index contributed by atoms with van der Waals surface area (Å²) in [4.78, 5) is 16.4. The SMILES string of the molecule is CC(C)c1cc(CN2CCCC[C@H]2CCN2CCCC2=O)no1. The highest BCUT2D eigenvalue weighted by atomic mass is 16.5. The average molecular weight is 319 g/mol. The maximum atomic E-state index is 11.8. The van der Waals surface area contributed by atoms with Gasteiger partial charge in [0.05, 0.1) is 5.69 Å². The smallest absolute Gasteiger partial charge is 0.222 e. The van der Waals surface area contributed by atoms with Crippen LogP contribution in [0.4, 0.5) is 0 Å². The second kappa shape index (κ2) is 7.47. The second-order valence-corrected chi connectivity index (χ2v) is 7.27. The lowest BCUT2D eigenvalue weighted by Crippen LogP contribution is -2.41. The Bertz CT molecular complexity index is 526. The van der Waals surface area contributed by atoms with Crippen molar-refractivity contribution in [1.29, 1.82) is 0 Å². The molecule has 2 fully saturated rings. The molecule has 128 valence electrons. The first-order valence-corrected chi connectivity index (χ1v) is 9.11. The van der Waals surface area contributed by atoms with Crippen LogP contribution in [-0.2, 0) is 11.3 Å². The number of aromatic nitrogens is 1. The Balaban J connectivity index is 1.56. The number of carbonyl (C=O) groups excluding carboxylic acids is 1. The summed E-state index contributed by atoms with van der Waals surface area (Å²) in [7, 11) is 0. The first-order valence-electron chi connectivity index (χ1n) is 9.11. The van der Waals surface area contributed by atoms with E-state index in [2.05, 4.69) is 30.0 Å². The van der Waals surface area contributed by atoms with Gasteiger partial charge in [-0.15, -0.1) is 0 Å². The van der Waals surface area contributed by atoms with Crippen molar-refractivity contribution in [3.8, 4) is 0 Å². The summed E-state index contributed by atoms with van der Waals surface area (Å²) in [5, 5.41) is 4.23. The third-order valence-corrected chi connectivity index (χ3v) is 5.16. The topological polar surface area (TPSA) is 49.6 Å². The van der Waals surface area contributed by atoms with E-state index in [9.17, 15) is 4.79 Å². The van der Waals surface area contributed by atoms with Crippen molar-refractivity contribution in [3.63, 3.8) is 0 Å². The molecule has 5 nitrogen and oxygen atoms in total. The van der Waals surface area contributed by atoms with Crippen LogP contribution in [0, 0.1) is 0 Å². The van der Waals surface area contributed by atoms with Gasteiger partial charge in [-0.25, -0.2) is 0 Å². The summed E-state index contributed by atoms with van der Waals surface area (Å²) >= 11 is 0. The fourth-order valence-corrected chi connectivity index (χ4v) is 3.72. The summed E-state index contributed by atoms with van der Waals surface area (Å²) < 4.78 is 5.43. The number of amides is 1. The molecular formula is C18H29N3O2. The maximum Gasteiger partial charge on any atom is 0.222 e. The minimum Gasteiger partial charge on any atom is -0.361 e. The van der Waals surface area contributed by atoms with Crippen LogP contribution in [0.1, 0.15) is 69.7 Å². The van der Waals surface area contributed by atoms with Crippen LogP contribution in [0.2, 0.25) is 0 Å². The van der Waals surface area contributed by atoms with Crippen LogP contribution in [-0.4, -0.2) is 46.5 Å². The number of piperidine rings is 1. The molecule has 5 heteroatoms. The number of hydrogen-bond acceptors (Lipinski definition) is 4. The molecule has 0 spiro atoms. The molecule has 0 saturated carbocycles. The van der Waals surface area contributed by atoms with Gasteiger partial charge in [-0.2, -0.15) is 0 Å². The fraction of sp³-hybridized carbons (Fsp3) is 0.778. The van der Waals surface area contributed by atoms with Crippen LogP contribution in [0.25, 0.3) is 0 Å². The molecule has 2 saturated heterocycles. The number of carbonyl (C=O) groups is 1. The quantitative estimate of drug-likeness (QED) is 0.808. The van der Waals surface area contributed by atoms with Crippen molar-refractivity contribution in [2.75, 3.05) is 19.6 Å². The van der Waals surface area contributed by atoms with E-state index in [0.717, 1.165) is 56.9 Å². The summed E-state index contributed by atoms with van der Waals surface area (Å²) in [5.41, 5.74) is 1.04. The third kappa shape index (κ3) is 4.14. The Morgan fingerprint density at radius 3 is 2.87 bits per heavy atom. The highest BCUT2D eigenvalue weighted by Crippen LogP contribution is 2.24. The molecule has 3 heterocycles. The van der Waals surface area contributed by atoms with Gasteiger partial charge in [0.1, 0.15) is 5.76 Å². The Morgan fingerprint density at radius 1 is 1.30 bits per heavy atom. The number of likely N-dealkylation sites (tertiary alicyclic amines) is 2. The molecule has 0 aliphatic carbocycles. The molecule has 0 bridgehead atoms. The van der Waals surface area contributed by atoms with Crippen molar-refractivity contribution in [1.82, 2.24) is 15.0 Å². The lowest BCUT2D eigenvalue weighted by atomic mass is 9.98. The van der Waals surface area contributed by atoms with E-state index in [-0.39, 0.29) is 0 Å². The molecule has 1 atom stereocenters. The molecule has 0 radical (unpaired) electrons. The third-order valence-electron chi connectivity index (χ3n) is 5.16. The van der Waals surface area contributed by atoms with Crippen LogP contribution in [0.15, 0.2) is 10.6 Å². The zero-order valence-corrected chi connectivity index (χ0v) is 14.5. The second-order valence-electron chi connectivity index (χ2n) is 7.27. The van der Waals surface area contributed by atoms with Crippen molar-refractivity contribution in [2.45, 2.75) is 70.9 Å². The van der Waals surface area contributed by atoms with Gasteiger partial charge in [0.2, 0.25) is 5.91 Å². The standard InChI is InChI=1S/C18H29N3O2/c1-14(2)17-12-15(19-23-17)13-21-9-4-3-6-16(21)8-11-20-10-5-7-18(20)22/h12,14,16H,3-11,13H2,1-2H3/t16-/m0/s1. The van der Waals surface area contributed by atoms with Crippen molar-refractivity contribution in [3.05, 3.63) is 17.5 Å². The largest absolute Gasteiger partial charge is 0.361 e. The molecule has 0 N–H and O–H groups in total. The zero-order chi connectivity index (χ0) is 16.2. The molecule has 0 aromatic carbocycles. The monoisotopic (exact) mass is 319 g/mol. The maximum absolute atomic E-state index is 11.8. The van der Waals surface area contributed by atoms with E-state index in [4.69, 9.17) is 4.52 Å². The van der Waals surface area contributed by atoms with Gasteiger partial charge in [0.15, 0.2) is 0 Å². The Labute approximate surface area is 139 Å². The van der Waals surface area contributed by atoms with Gasteiger partial charge in [-0.3, -0.25) is 9.69 Å². The molecule has 1 amide bonds. The van der Waals surface area contributed by atoms with Crippen molar-refractivity contribution < 1.29 is 9.32 Å². The van der Waals surface area contributed by atoms with Gasteiger partial charge < -0.3 is 9.42 Å². The lowest BCUT2D eigenvalue weighted by Gasteiger charge is -2.36. The lowest BCUT2D eigenvalue weighted by molar-refractivity contribution is -0.127. The summed E-state index contributed by atoms with van der Waals surface area (Å²) in [6.45, 7) is 8.11. The van der Waals surface area contributed by atoms with Gasteiger partial charge >= 0.3 is 0 Å². The highest BCUT2D eigenvalue weighted by molar-refractivity contribution is 5.77. The molecule has 23 heavy (non-hydrogen) atoms. The van der Waals surface area contributed by atoms with Gasteiger partial charge in [0, 0.05) is 44.1 Å². The van der Waals surface area contributed by atoms with E-state index in [0.29, 0.717) is 17.9 Å². The molecule has 0 unspecified atom stereocenters. The molecule has 1 aromatic heterocycles. The van der Waals surface area contributed by atoms with Gasteiger partial charge in [-0.05, 0) is 32.2 Å². The zero-order valence-electron chi connectivity index (χ0n) is 14.5. The molecule has 2 aliphatic heterocycles. The van der Waals surface area contributed by atoms with Gasteiger partial charge in [0.25, 0.3) is 0 Å². The predicted molar refractivity (Wildman–Crippen MR) is 89.1 cm³/mol. The van der Waals surface area contributed by atoms with Gasteiger partial charge in [-0.1, -0.05) is 25.4 Å². The van der Waals surface area contributed by atoms with E-state index in [1.54, 1.807) is 0 Å². The van der Waals surface area contributed by atoms with E-state index >= 15 is 0 Å². The average Bonchev–Trinajstić information content (AvgIpc) is 3.16. The highest BCUT2D eigenvalue weighted by Gasteiger charge is 2.26. The van der Waals surface area contributed by atoms with E-state index in [1.807, 2.05) is 4.90 Å². The minimum atomic E-state index is 0.338. The van der Waals surface area contributed by atoms with Crippen LogP contribution >= 0.6 is 0 Å². The molecule has 2 aliphatic rings. The van der Waals surface area contributed by atoms with E-state index < -0.39 is 0 Å².